The Kier molecular flexibility index (Phi) is 4.02. The quantitative estimate of drug-likeness (QED) is 0.826. The molecular weight excluding hydrogens is 294 g/mol. The second kappa shape index (κ2) is 5.98. The van der Waals surface area contributed by atoms with E-state index in [4.69, 9.17) is 0 Å². The van der Waals surface area contributed by atoms with Gasteiger partial charge in [0.2, 0.25) is 5.91 Å². The SMILES string of the molecule is CC(=O)c1c(C)nn(CC(=O)N[C@@H]2CCc3cn[nH]c3C2)c1C. The third-order valence-electron chi connectivity index (χ3n) is 4.41. The summed E-state index contributed by atoms with van der Waals surface area (Å²) in [4.78, 5) is 23.9. The molecule has 0 bridgehead atoms. The summed E-state index contributed by atoms with van der Waals surface area (Å²) in [6.07, 6.45) is 4.46. The molecule has 0 saturated carbocycles. The summed E-state index contributed by atoms with van der Waals surface area (Å²) < 4.78 is 1.60. The first-order valence-electron chi connectivity index (χ1n) is 7.81. The number of aromatic nitrogens is 4. The average Bonchev–Trinajstić information content (AvgIpc) is 3.03. The van der Waals surface area contributed by atoms with Crippen molar-refractivity contribution < 1.29 is 9.59 Å². The largest absolute Gasteiger partial charge is 0.351 e. The van der Waals surface area contributed by atoms with Gasteiger partial charge in [-0.15, -0.1) is 0 Å². The molecule has 7 nitrogen and oxygen atoms in total. The number of hydrogen-bond acceptors (Lipinski definition) is 4. The highest BCUT2D eigenvalue weighted by atomic mass is 16.2. The van der Waals surface area contributed by atoms with Gasteiger partial charge >= 0.3 is 0 Å². The van der Waals surface area contributed by atoms with Crippen molar-refractivity contribution >= 4 is 11.7 Å². The topological polar surface area (TPSA) is 92.7 Å². The zero-order valence-corrected chi connectivity index (χ0v) is 13.6. The van der Waals surface area contributed by atoms with Crippen LogP contribution in [0.4, 0.5) is 0 Å². The molecule has 3 rings (SSSR count). The van der Waals surface area contributed by atoms with E-state index in [0.717, 1.165) is 30.7 Å². The van der Waals surface area contributed by atoms with Gasteiger partial charge in [0.15, 0.2) is 5.78 Å². The van der Waals surface area contributed by atoms with Crippen molar-refractivity contribution in [3.05, 3.63) is 34.4 Å². The van der Waals surface area contributed by atoms with Gasteiger partial charge in [0.1, 0.15) is 6.54 Å². The van der Waals surface area contributed by atoms with Crippen LogP contribution in [0.25, 0.3) is 0 Å². The van der Waals surface area contributed by atoms with Gasteiger partial charge in [0.05, 0.1) is 17.5 Å². The van der Waals surface area contributed by atoms with Crippen LogP contribution in [0.3, 0.4) is 0 Å². The van der Waals surface area contributed by atoms with Crippen molar-refractivity contribution in [2.24, 2.45) is 0 Å². The molecule has 1 aliphatic rings. The summed E-state index contributed by atoms with van der Waals surface area (Å²) in [5, 5.41) is 14.4. The average molecular weight is 315 g/mol. The van der Waals surface area contributed by atoms with Crippen LogP contribution in [0.1, 0.15) is 46.3 Å². The molecule has 0 unspecified atom stereocenters. The fourth-order valence-electron chi connectivity index (χ4n) is 3.30. The zero-order chi connectivity index (χ0) is 16.6. The van der Waals surface area contributed by atoms with E-state index in [1.807, 2.05) is 13.1 Å². The van der Waals surface area contributed by atoms with E-state index in [0.29, 0.717) is 11.3 Å². The summed E-state index contributed by atoms with van der Waals surface area (Å²) in [7, 11) is 0. The molecule has 2 heterocycles. The molecule has 2 aromatic heterocycles. The number of ketones is 1. The van der Waals surface area contributed by atoms with E-state index in [2.05, 4.69) is 20.6 Å². The van der Waals surface area contributed by atoms with E-state index < -0.39 is 0 Å². The molecule has 0 fully saturated rings. The summed E-state index contributed by atoms with van der Waals surface area (Å²) in [5.74, 6) is -0.107. The van der Waals surface area contributed by atoms with Crippen LogP contribution < -0.4 is 5.32 Å². The number of hydrogen-bond donors (Lipinski definition) is 2. The molecule has 0 saturated heterocycles. The molecule has 122 valence electrons. The number of H-pyrrole nitrogens is 1. The zero-order valence-electron chi connectivity index (χ0n) is 13.6. The third kappa shape index (κ3) is 3.04. The van der Waals surface area contributed by atoms with Gasteiger partial charge in [-0.1, -0.05) is 0 Å². The highest BCUT2D eigenvalue weighted by Gasteiger charge is 2.22. The lowest BCUT2D eigenvalue weighted by atomic mass is 9.94. The maximum absolute atomic E-state index is 12.3. The molecule has 2 aromatic rings. The molecule has 7 heteroatoms. The number of carbonyl (C=O) groups excluding carboxylic acids is 2. The van der Waals surface area contributed by atoms with Gasteiger partial charge in [0, 0.05) is 23.9 Å². The Hall–Kier alpha value is -2.44. The summed E-state index contributed by atoms with van der Waals surface area (Å²) in [5.41, 5.74) is 4.36. The number of nitrogens with one attached hydrogen (secondary N) is 2. The lowest BCUT2D eigenvalue weighted by Gasteiger charge is -2.22. The smallest absolute Gasteiger partial charge is 0.241 e. The van der Waals surface area contributed by atoms with E-state index in [-0.39, 0.29) is 24.3 Å². The van der Waals surface area contributed by atoms with E-state index in [1.165, 1.54) is 12.5 Å². The summed E-state index contributed by atoms with van der Waals surface area (Å²) >= 11 is 0. The number of Topliss-reactive ketones (excluding diaryl/α,β-unsaturated/α-hetero) is 1. The summed E-state index contributed by atoms with van der Waals surface area (Å²) in [6, 6.07) is 0.111. The van der Waals surface area contributed by atoms with Gasteiger partial charge in [-0.25, -0.2) is 0 Å². The fraction of sp³-hybridized carbons (Fsp3) is 0.500. The van der Waals surface area contributed by atoms with Gasteiger partial charge in [-0.3, -0.25) is 19.4 Å². The Morgan fingerprint density at radius 2 is 2.22 bits per heavy atom. The van der Waals surface area contributed by atoms with Crippen molar-refractivity contribution in [1.29, 1.82) is 0 Å². The Morgan fingerprint density at radius 3 is 2.91 bits per heavy atom. The molecule has 0 radical (unpaired) electrons. The maximum atomic E-state index is 12.3. The van der Waals surface area contributed by atoms with Gasteiger partial charge in [-0.05, 0) is 39.2 Å². The minimum absolute atomic E-state index is 0.0225. The predicted octanol–water partition coefficient (Wildman–Crippen LogP) is 1.10. The van der Waals surface area contributed by atoms with Crippen LogP contribution in [-0.4, -0.2) is 37.7 Å². The third-order valence-corrected chi connectivity index (χ3v) is 4.41. The van der Waals surface area contributed by atoms with Gasteiger partial charge < -0.3 is 5.32 Å². The Balaban J connectivity index is 1.64. The molecule has 0 aliphatic heterocycles. The first-order valence-corrected chi connectivity index (χ1v) is 7.81. The minimum atomic E-state index is -0.0846. The number of carbonyl (C=O) groups is 2. The van der Waals surface area contributed by atoms with Crippen LogP contribution in [-0.2, 0) is 24.2 Å². The molecule has 0 aromatic carbocycles. The molecular formula is C16H21N5O2. The molecule has 1 atom stereocenters. The van der Waals surface area contributed by atoms with Crippen LogP contribution in [0.5, 0.6) is 0 Å². The normalized spacial score (nSPS) is 16.9. The monoisotopic (exact) mass is 315 g/mol. The van der Waals surface area contributed by atoms with E-state index in [9.17, 15) is 9.59 Å². The van der Waals surface area contributed by atoms with Crippen molar-refractivity contribution in [1.82, 2.24) is 25.3 Å². The number of aromatic amines is 1. The number of nitrogens with zero attached hydrogens (tertiary/aromatic N) is 3. The minimum Gasteiger partial charge on any atom is -0.351 e. The number of aryl methyl sites for hydroxylation is 2. The van der Waals surface area contributed by atoms with Crippen molar-refractivity contribution in [3.8, 4) is 0 Å². The van der Waals surface area contributed by atoms with Crippen LogP contribution in [0.15, 0.2) is 6.20 Å². The number of fused-ring (bicyclic) bond motifs is 1. The first-order chi connectivity index (χ1) is 11.0. The van der Waals surface area contributed by atoms with Crippen molar-refractivity contribution in [2.45, 2.75) is 52.6 Å². The predicted molar refractivity (Wildman–Crippen MR) is 84.2 cm³/mol. The van der Waals surface area contributed by atoms with E-state index >= 15 is 0 Å². The van der Waals surface area contributed by atoms with E-state index in [1.54, 1.807) is 11.6 Å². The molecule has 1 aliphatic carbocycles. The molecule has 0 spiro atoms. The van der Waals surface area contributed by atoms with Crippen LogP contribution in [0, 0.1) is 13.8 Å². The molecule has 1 amide bonds. The number of rotatable bonds is 4. The van der Waals surface area contributed by atoms with Crippen LogP contribution in [0.2, 0.25) is 0 Å². The second-order valence-electron chi connectivity index (χ2n) is 6.14. The lowest BCUT2D eigenvalue weighted by molar-refractivity contribution is -0.122. The highest BCUT2D eigenvalue weighted by molar-refractivity contribution is 5.96. The Labute approximate surface area is 134 Å². The number of amides is 1. The Morgan fingerprint density at radius 1 is 1.43 bits per heavy atom. The first kappa shape index (κ1) is 15.5. The Bertz CT molecular complexity index is 759. The second-order valence-corrected chi connectivity index (χ2v) is 6.14. The van der Waals surface area contributed by atoms with Gasteiger partial charge in [-0.2, -0.15) is 10.2 Å². The standard InChI is InChI=1S/C16H21N5O2/c1-9-16(11(3)22)10(2)21(20-9)8-15(23)18-13-5-4-12-7-17-19-14(12)6-13/h7,13H,4-6,8H2,1-3H3,(H,17,19)(H,18,23)/t13-/m1/s1. The lowest BCUT2D eigenvalue weighted by Crippen LogP contribution is -2.40. The van der Waals surface area contributed by atoms with Crippen molar-refractivity contribution in [2.75, 3.05) is 0 Å². The van der Waals surface area contributed by atoms with Crippen molar-refractivity contribution in [3.63, 3.8) is 0 Å². The maximum Gasteiger partial charge on any atom is 0.241 e. The van der Waals surface area contributed by atoms with Crippen LogP contribution >= 0.6 is 0 Å². The molecule has 23 heavy (non-hydrogen) atoms. The van der Waals surface area contributed by atoms with Gasteiger partial charge in [0.25, 0.3) is 0 Å². The fourth-order valence-corrected chi connectivity index (χ4v) is 3.30. The summed E-state index contributed by atoms with van der Waals surface area (Å²) in [6.45, 7) is 5.26. The highest BCUT2D eigenvalue weighted by Crippen LogP contribution is 2.19. The molecule has 2 N–H and O–H groups in total.